The van der Waals surface area contributed by atoms with Crippen molar-refractivity contribution in [3.63, 3.8) is 0 Å². The number of nitrogens with two attached hydrogens (primary N) is 1. The van der Waals surface area contributed by atoms with Crippen LogP contribution in [0.4, 0.5) is 5.69 Å². The largest absolute Gasteiger partial charge is 0.497 e. The van der Waals surface area contributed by atoms with Gasteiger partial charge in [-0.3, -0.25) is 0 Å². The Balaban J connectivity index is 2.35. The summed E-state index contributed by atoms with van der Waals surface area (Å²) in [4.78, 5) is 0. The minimum Gasteiger partial charge on any atom is -0.497 e. The minimum atomic E-state index is 0.276. The number of amidine groups is 1. The van der Waals surface area contributed by atoms with Gasteiger partial charge in [0.25, 0.3) is 0 Å². The third-order valence-corrected chi connectivity index (χ3v) is 3.17. The van der Waals surface area contributed by atoms with Gasteiger partial charge in [0.1, 0.15) is 11.6 Å². The van der Waals surface area contributed by atoms with E-state index in [0.29, 0.717) is 6.42 Å². The normalized spacial score (nSPS) is 11.3. The summed E-state index contributed by atoms with van der Waals surface area (Å²) in [5.74, 6) is 1.09. The number of anilines is 1. The Hall–Kier alpha value is -1.43. The van der Waals surface area contributed by atoms with E-state index in [1.54, 1.807) is 7.11 Å². The quantitative estimate of drug-likeness (QED) is 0.238. The van der Waals surface area contributed by atoms with Gasteiger partial charge in [0.2, 0.25) is 0 Å². The van der Waals surface area contributed by atoms with E-state index in [2.05, 4.69) is 26.4 Å². The van der Waals surface area contributed by atoms with E-state index in [0.717, 1.165) is 35.3 Å². The summed E-state index contributed by atoms with van der Waals surface area (Å²) in [6, 6.07) is 5.78. The first-order valence-corrected chi connectivity index (χ1v) is 6.50. The fraction of sp³-hybridized carbons (Fsp3) is 0.417. The number of benzene rings is 1. The maximum absolute atomic E-state index is 8.39. The topological polar surface area (TPSA) is 79.9 Å². The van der Waals surface area contributed by atoms with Crippen LogP contribution in [0.25, 0.3) is 0 Å². The number of hydrogen-bond acceptors (Lipinski definition) is 4. The first-order valence-electron chi connectivity index (χ1n) is 5.71. The van der Waals surface area contributed by atoms with E-state index < -0.39 is 0 Å². The first kappa shape index (κ1) is 14.6. The number of hydrogen-bond donors (Lipinski definition) is 3. The van der Waals surface area contributed by atoms with Crippen molar-refractivity contribution in [3.8, 4) is 5.75 Å². The molecule has 1 rings (SSSR count). The highest BCUT2D eigenvalue weighted by Gasteiger charge is 2.01. The monoisotopic (exact) mass is 315 g/mol. The van der Waals surface area contributed by atoms with Crippen molar-refractivity contribution in [2.75, 3.05) is 19.0 Å². The van der Waals surface area contributed by atoms with Gasteiger partial charge in [0.15, 0.2) is 0 Å². The summed E-state index contributed by atoms with van der Waals surface area (Å²) in [6.45, 7) is 0.824. The minimum absolute atomic E-state index is 0.276. The van der Waals surface area contributed by atoms with E-state index in [-0.39, 0.29) is 5.84 Å². The van der Waals surface area contributed by atoms with Crippen molar-refractivity contribution >= 4 is 27.5 Å². The summed E-state index contributed by atoms with van der Waals surface area (Å²) < 4.78 is 6.16. The molecule has 0 atom stereocenters. The van der Waals surface area contributed by atoms with Gasteiger partial charge in [0.05, 0.1) is 12.8 Å². The lowest BCUT2D eigenvalue weighted by molar-refractivity contribution is 0.316. The SMILES string of the molecule is COc1ccc(Br)c(NCCCCC(N)=NO)c1. The van der Waals surface area contributed by atoms with Crippen LogP contribution in [0.1, 0.15) is 19.3 Å². The lowest BCUT2D eigenvalue weighted by Crippen LogP contribution is -2.12. The number of nitrogens with zero attached hydrogens (tertiary/aromatic N) is 1. The molecule has 0 bridgehead atoms. The van der Waals surface area contributed by atoms with Crippen LogP contribution in [-0.2, 0) is 0 Å². The van der Waals surface area contributed by atoms with E-state index in [1.807, 2.05) is 18.2 Å². The smallest absolute Gasteiger partial charge is 0.139 e. The van der Waals surface area contributed by atoms with Crippen LogP contribution in [-0.4, -0.2) is 24.7 Å². The fourth-order valence-corrected chi connectivity index (χ4v) is 1.86. The Bertz CT molecular complexity index is 410. The number of halogens is 1. The lowest BCUT2D eigenvalue weighted by atomic mass is 10.2. The van der Waals surface area contributed by atoms with Crippen LogP contribution in [0.15, 0.2) is 27.8 Å². The number of nitrogens with one attached hydrogen (secondary N) is 1. The second kappa shape index (κ2) is 7.81. The molecule has 0 saturated carbocycles. The molecule has 5 nitrogen and oxygen atoms in total. The number of oxime groups is 1. The fourth-order valence-electron chi connectivity index (χ4n) is 1.47. The van der Waals surface area contributed by atoms with Gasteiger partial charge in [-0.25, -0.2) is 0 Å². The van der Waals surface area contributed by atoms with Crippen LogP contribution in [0.5, 0.6) is 5.75 Å². The van der Waals surface area contributed by atoms with Gasteiger partial charge in [-0.15, -0.1) is 0 Å². The number of ether oxygens (including phenoxy) is 1. The Morgan fingerprint density at radius 3 is 2.94 bits per heavy atom. The molecular weight excluding hydrogens is 298 g/mol. The third kappa shape index (κ3) is 4.83. The Labute approximate surface area is 115 Å². The summed E-state index contributed by atoms with van der Waals surface area (Å²) in [5, 5.41) is 14.6. The molecule has 6 heteroatoms. The number of methoxy groups -OCH3 is 1. The van der Waals surface area contributed by atoms with Crippen LogP contribution in [0, 0.1) is 0 Å². The van der Waals surface area contributed by atoms with Gasteiger partial charge in [-0.05, 0) is 40.9 Å². The Kier molecular flexibility index (Phi) is 6.35. The highest BCUT2D eigenvalue weighted by molar-refractivity contribution is 9.10. The average Bonchev–Trinajstić information content (AvgIpc) is 2.40. The van der Waals surface area contributed by atoms with Crippen LogP contribution in [0.3, 0.4) is 0 Å². The van der Waals surface area contributed by atoms with Gasteiger partial charge in [-0.2, -0.15) is 0 Å². The number of rotatable bonds is 7. The first-order chi connectivity index (χ1) is 8.67. The second-order valence-electron chi connectivity index (χ2n) is 3.82. The molecule has 0 heterocycles. The van der Waals surface area contributed by atoms with Crippen molar-refractivity contribution in [1.29, 1.82) is 0 Å². The molecule has 0 unspecified atom stereocenters. The van der Waals surface area contributed by atoms with Crippen molar-refractivity contribution < 1.29 is 9.94 Å². The molecule has 0 amide bonds. The molecule has 0 fully saturated rings. The highest BCUT2D eigenvalue weighted by Crippen LogP contribution is 2.26. The third-order valence-electron chi connectivity index (χ3n) is 2.48. The molecule has 18 heavy (non-hydrogen) atoms. The molecule has 4 N–H and O–H groups in total. The van der Waals surface area contributed by atoms with Crippen LogP contribution < -0.4 is 15.8 Å². The summed E-state index contributed by atoms with van der Waals surface area (Å²) >= 11 is 3.47. The molecule has 1 aromatic carbocycles. The van der Waals surface area contributed by atoms with E-state index in [1.165, 1.54) is 0 Å². The molecule has 0 aliphatic heterocycles. The zero-order valence-electron chi connectivity index (χ0n) is 10.3. The summed E-state index contributed by atoms with van der Waals surface area (Å²) in [5.41, 5.74) is 6.38. The van der Waals surface area contributed by atoms with Crippen LogP contribution in [0.2, 0.25) is 0 Å². The predicted molar refractivity (Wildman–Crippen MR) is 76.4 cm³/mol. The van der Waals surface area contributed by atoms with Crippen molar-refractivity contribution in [2.24, 2.45) is 10.9 Å². The molecule has 0 aromatic heterocycles. The average molecular weight is 316 g/mol. The van der Waals surface area contributed by atoms with E-state index in [4.69, 9.17) is 15.7 Å². The van der Waals surface area contributed by atoms with Gasteiger partial charge >= 0.3 is 0 Å². The standard InChI is InChI=1S/C12H18BrN3O2/c1-18-9-5-6-10(13)11(8-9)15-7-3-2-4-12(14)16-17/h5-6,8,15,17H,2-4,7H2,1H3,(H2,14,16). The molecule has 0 radical (unpaired) electrons. The van der Waals surface area contributed by atoms with Gasteiger partial charge in [-0.1, -0.05) is 5.16 Å². The summed E-state index contributed by atoms with van der Waals surface area (Å²) in [6.07, 6.45) is 2.43. The number of unbranched alkanes of at least 4 members (excludes halogenated alkanes) is 1. The predicted octanol–water partition coefficient (Wildman–Crippen LogP) is 2.79. The summed E-state index contributed by atoms with van der Waals surface area (Å²) in [7, 11) is 1.64. The maximum atomic E-state index is 8.39. The van der Waals surface area contributed by atoms with Gasteiger partial charge < -0.3 is 21.0 Å². The maximum Gasteiger partial charge on any atom is 0.139 e. The lowest BCUT2D eigenvalue weighted by Gasteiger charge is -2.10. The van der Waals surface area contributed by atoms with Crippen molar-refractivity contribution in [3.05, 3.63) is 22.7 Å². The molecule has 1 aromatic rings. The molecule has 100 valence electrons. The molecule has 0 aliphatic carbocycles. The van der Waals surface area contributed by atoms with E-state index >= 15 is 0 Å². The highest BCUT2D eigenvalue weighted by atomic mass is 79.9. The molecule has 0 aliphatic rings. The molecule has 0 spiro atoms. The molecular formula is C12H18BrN3O2. The van der Waals surface area contributed by atoms with E-state index in [9.17, 15) is 0 Å². The zero-order valence-corrected chi connectivity index (χ0v) is 11.9. The van der Waals surface area contributed by atoms with Gasteiger partial charge in [0, 0.05) is 23.5 Å². The Morgan fingerprint density at radius 2 is 2.28 bits per heavy atom. The second-order valence-corrected chi connectivity index (χ2v) is 4.68. The zero-order chi connectivity index (χ0) is 13.4. The Morgan fingerprint density at radius 1 is 1.50 bits per heavy atom. The molecule has 0 saturated heterocycles. The van der Waals surface area contributed by atoms with Crippen molar-refractivity contribution in [2.45, 2.75) is 19.3 Å². The van der Waals surface area contributed by atoms with Crippen LogP contribution >= 0.6 is 15.9 Å². The van der Waals surface area contributed by atoms with Crippen molar-refractivity contribution in [1.82, 2.24) is 0 Å².